The summed E-state index contributed by atoms with van der Waals surface area (Å²) in [5.41, 5.74) is 0.285. The van der Waals surface area contributed by atoms with Crippen LogP contribution in [0.4, 0.5) is 4.39 Å². The number of ether oxygens (including phenoxy) is 1. The van der Waals surface area contributed by atoms with Crippen LogP contribution in [0.1, 0.15) is 38.8 Å². The van der Waals surface area contributed by atoms with Crippen LogP contribution in [0.15, 0.2) is 39.6 Å². The zero-order valence-electron chi connectivity index (χ0n) is 16.5. The maximum absolute atomic E-state index is 13.6. The lowest BCUT2D eigenvalue weighted by atomic mass is 9.86. The Morgan fingerprint density at radius 2 is 2.23 bits per heavy atom. The van der Waals surface area contributed by atoms with Crippen LogP contribution in [-0.4, -0.2) is 35.0 Å². The molecule has 0 spiro atoms. The number of allylic oxidation sites excluding steroid dienone is 2. The molecule has 2 aliphatic heterocycles. The van der Waals surface area contributed by atoms with E-state index in [2.05, 4.69) is 12.7 Å². The molecule has 3 aliphatic rings. The summed E-state index contributed by atoms with van der Waals surface area (Å²) in [5.74, 6) is -0.643. The van der Waals surface area contributed by atoms with Gasteiger partial charge in [0.25, 0.3) is 5.56 Å². The van der Waals surface area contributed by atoms with Gasteiger partial charge in [0.15, 0.2) is 0 Å². The first-order chi connectivity index (χ1) is 14.2. The minimum Gasteiger partial charge on any atom is -0.349 e. The Bertz CT molecular complexity index is 1030. The van der Waals surface area contributed by atoms with Crippen molar-refractivity contribution in [2.75, 3.05) is 13.2 Å². The minimum absolute atomic E-state index is 0.0458. The number of H-pyrrole nitrogens is 1. The Balaban J connectivity index is 1.37. The van der Waals surface area contributed by atoms with E-state index in [4.69, 9.17) is 18.3 Å². The molecule has 3 heterocycles. The molecule has 0 radical (unpaired) electrons. The fourth-order valence-corrected chi connectivity index (χ4v) is 5.27. The number of phosphoric acid groups is 1. The van der Waals surface area contributed by atoms with Gasteiger partial charge in [0.2, 0.25) is 5.82 Å². The van der Waals surface area contributed by atoms with Crippen LogP contribution in [-0.2, 0) is 22.9 Å². The highest BCUT2D eigenvalue weighted by Crippen LogP contribution is 2.56. The second-order valence-electron chi connectivity index (χ2n) is 7.85. The van der Waals surface area contributed by atoms with Gasteiger partial charge in [-0.3, -0.25) is 27.9 Å². The summed E-state index contributed by atoms with van der Waals surface area (Å²) in [5, 5.41) is 0. The van der Waals surface area contributed by atoms with Crippen LogP contribution in [0.3, 0.4) is 0 Å². The quantitative estimate of drug-likeness (QED) is 0.552. The molecular weight excluding hydrogens is 418 g/mol. The Morgan fingerprint density at radius 3 is 2.93 bits per heavy atom. The van der Waals surface area contributed by atoms with E-state index in [-0.39, 0.29) is 19.6 Å². The maximum atomic E-state index is 13.6. The van der Waals surface area contributed by atoms with Crippen LogP contribution in [0.25, 0.3) is 0 Å². The third-order valence-electron chi connectivity index (χ3n) is 5.69. The zero-order valence-corrected chi connectivity index (χ0v) is 17.4. The van der Waals surface area contributed by atoms with E-state index in [0.29, 0.717) is 5.92 Å². The van der Waals surface area contributed by atoms with Gasteiger partial charge in [-0.1, -0.05) is 18.2 Å². The van der Waals surface area contributed by atoms with Crippen molar-refractivity contribution in [1.29, 1.82) is 0 Å². The molecule has 4 rings (SSSR count). The smallest absolute Gasteiger partial charge is 0.349 e. The van der Waals surface area contributed by atoms with Gasteiger partial charge in [-0.05, 0) is 37.7 Å². The third-order valence-corrected chi connectivity index (χ3v) is 7.13. The number of aromatic nitrogens is 2. The number of hydrogen-bond acceptors (Lipinski definition) is 7. The molecule has 11 heteroatoms. The average molecular weight is 442 g/mol. The van der Waals surface area contributed by atoms with Gasteiger partial charge in [0, 0.05) is 6.42 Å². The van der Waals surface area contributed by atoms with Crippen molar-refractivity contribution in [2.24, 2.45) is 5.92 Å². The molecule has 0 bridgehead atoms. The summed E-state index contributed by atoms with van der Waals surface area (Å²) in [6.45, 7) is 6.11. The standard InChI is InChI=1S/C19H24FN2O7P/c1-11(2)13-5-3-12(4-6-13)9-26-30(25)27-10-16-15(29-30)7-17(28-16)22-8-14(20)18(23)21-19(22)24/h3,8,13,15-17H,1,4-7,9-10H2,2H3,(H,21,23,24)/t13-,15+,16-,17-,30?/m1/s1. The highest BCUT2D eigenvalue weighted by atomic mass is 31.2. The van der Waals surface area contributed by atoms with Gasteiger partial charge in [-0.2, -0.15) is 4.39 Å². The molecule has 9 nitrogen and oxygen atoms in total. The molecule has 1 aromatic rings. The summed E-state index contributed by atoms with van der Waals surface area (Å²) < 4.78 is 49.4. The van der Waals surface area contributed by atoms with Crippen molar-refractivity contribution in [3.63, 3.8) is 0 Å². The molecule has 1 N–H and O–H groups in total. The SMILES string of the molecule is C=C(C)[C@@H]1CC=C(COP2(=O)OC[C@H]3O[C@@H](n4cc(F)c(=O)[nH]c4=O)C[C@@H]3O2)CC1. The second-order valence-corrected chi connectivity index (χ2v) is 9.47. The molecule has 30 heavy (non-hydrogen) atoms. The molecule has 164 valence electrons. The monoisotopic (exact) mass is 442 g/mol. The summed E-state index contributed by atoms with van der Waals surface area (Å²) in [7, 11) is -3.79. The van der Waals surface area contributed by atoms with Crippen LogP contribution >= 0.6 is 7.82 Å². The van der Waals surface area contributed by atoms with Crippen molar-refractivity contribution in [3.05, 3.63) is 56.7 Å². The molecule has 1 unspecified atom stereocenters. The van der Waals surface area contributed by atoms with Gasteiger partial charge in [-0.25, -0.2) is 9.36 Å². The third kappa shape index (κ3) is 4.43. The summed E-state index contributed by atoms with van der Waals surface area (Å²) in [6, 6.07) is 0. The predicted molar refractivity (Wildman–Crippen MR) is 104 cm³/mol. The Hall–Kier alpha value is -1.84. The predicted octanol–water partition coefficient (Wildman–Crippen LogP) is 2.81. The Kier molecular flexibility index (Phi) is 5.96. The Labute approximate surface area is 172 Å². The molecule has 0 amide bonds. The lowest BCUT2D eigenvalue weighted by molar-refractivity contribution is -0.0717. The lowest BCUT2D eigenvalue weighted by Gasteiger charge is -2.30. The van der Waals surface area contributed by atoms with Gasteiger partial charge < -0.3 is 4.74 Å². The normalized spacial score (nSPS) is 33.7. The van der Waals surface area contributed by atoms with Crippen molar-refractivity contribution in [2.45, 2.75) is 51.0 Å². The van der Waals surface area contributed by atoms with Crippen LogP contribution in [0.2, 0.25) is 0 Å². The highest BCUT2D eigenvalue weighted by Gasteiger charge is 2.48. The number of nitrogens with zero attached hydrogens (tertiary/aromatic N) is 1. The number of rotatable bonds is 5. The van der Waals surface area contributed by atoms with Gasteiger partial charge >= 0.3 is 13.5 Å². The van der Waals surface area contributed by atoms with E-state index in [1.807, 2.05) is 11.9 Å². The first kappa shape index (κ1) is 21.4. The summed E-state index contributed by atoms with van der Waals surface area (Å²) in [6.07, 6.45) is 3.56. The number of nitrogens with one attached hydrogen (secondary N) is 1. The summed E-state index contributed by atoms with van der Waals surface area (Å²) >= 11 is 0. The first-order valence-electron chi connectivity index (χ1n) is 9.81. The molecule has 0 aromatic carbocycles. The average Bonchev–Trinajstić information content (AvgIpc) is 3.12. The lowest BCUT2D eigenvalue weighted by Crippen LogP contribution is -2.34. The summed E-state index contributed by atoms with van der Waals surface area (Å²) in [4.78, 5) is 25.0. The van der Waals surface area contributed by atoms with E-state index >= 15 is 0 Å². The van der Waals surface area contributed by atoms with Crippen molar-refractivity contribution < 1.29 is 27.3 Å². The molecular formula is C19H24FN2O7P. The zero-order chi connectivity index (χ0) is 21.5. The van der Waals surface area contributed by atoms with Crippen LogP contribution in [0, 0.1) is 11.7 Å². The number of fused-ring (bicyclic) bond motifs is 1. The molecule has 0 saturated carbocycles. The number of halogens is 1. The number of phosphoric ester groups is 1. The van der Waals surface area contributed by atoms with E-state index in [0.717, 1.165) is 41.2 Å². The van der Waals surface area contributed by atoms with E-state index in [1.165, 1.54) is 0 Å². The van der Waals surface area contributed by atoms with Gasteiger partial charge in [-0.15, -0.1) is 0 Å². The molecule has 1 aliphatic carbocycles. The van der Waals surface area contributed by atoms with Crippen LogP contribution in [0.5, 0.6) is 0 Å². The van der Waals surface area contributed by atoms with Crippen molar-refractivity contribution in [1.82, 2.24) is 9.55 Å². The van der Waals surface area contributed by atoms with E-state index < -0.39 is 43.3 Å². The number of hydrogen-bond donors (Lipinski definition) is 1. The molecule has 1 aromatic heterocycles. The van der Waals surface area contributed by atoms with Gasteiger partial charge in [0.1, 0.15) is 18.4 Å². The Morgan fingerprint density at radius 1 is 1.43 bits per heavy atom. The maximum Gasteiger partial charge on any atom is 0.475 e. The van der Waals surface area contributed by atoms with Gasteiger partial charge in [0.05, 0.1) is 19.4 Å². The van der Waals surface area contributed by atoms with Crippen molar-refractivity contribution >= 4 is 7.82 Å². The molecule has 2 fully saturated rings. The molecule has 2 saturated heterocycles. The van der Waals surface area contributed by atoms with E-state index in [9.17, 15) is 18.5 Å². The second kappa shape index (κ2) is 8.36. The minimum atomic E-state index is -3.79. The highest BCUT2D eigenvalue weighted by molar-refractivity contribution is 7.48. The molecule has 5 atom stereocenters. The first-order valence-corrected chi connectivity index (χ1v) is 11.3. The largest absolute Gasteiger partial charge is 0.475 e. The fraction of sp³-hybridized carbons (Fsp3) is 0.579. The fourth-order valence-electron chi connectivity index (χ4n) is 3.86. The topological polar surface area (TPSA) is 109 Å². The van der Waals surface area contributed by atoms with Crippen LogP contribution < -0.4 is 11.2 Å². The van der Waals surface area contributed by atoms with E-state index in [1.54, 1.807) is 0 Å². The van der Waals surface area contributed by atoms with Crippen molar-refractivity contribution in [3.8, 4) is 0 Å². The number of aromatic amines is 1.